The fraction of sp³-hybridized carbons (Fsp3) is 0.467. The van der Waals surface area contributed by atoms with Gasteiger partial charge in [-0.1, -0.05) is 25.1 Å². The van der Waals surface area contributed by atoms with Crippen LogP contribution < -0.4 is 0 Å². The van der Waals surface area contributed by atoms with Crippen LogP contribution in [0.1, 0.15) is 18.8 Å². The van der Waals surface area contributed by atoms with Crippen LogP contribution in [0.4, 0.5) is 0 Å². The smallest absolute Gasteiger partial charge is 0.139 e. The van der Waals surface area contributed by atoms with E-state index in [1.807, 2.05) is 30.3 Å². The summed E-state index contributed by atoms with van der Waals surface area (Å²) < 4.78 is 11.4. The van der Waals surface area contributed by atoms with E-state index in [-0.39, 0.29) is 6.10 Å². The first-order valence-corrected chi connectivity index (χ1v) is 6.78. The average molecular weight is 261 g/mol. The lowest BCUT2D eigenvalue weighted by Crippen LogP contribution is -2.44. The molecule has 3 rings (SSSR count). The molecule has 0 bridgehead atoms. The molecule has 1 aromatic carbocycles. The number of fused-ring (bicyclic) bond motifs is 1. The fourth-order valence-corrected chi connectivity index (χ4v) is 2.54. The van der Waals surface area contributed by atoms with Crippen molar-refractivity contribution in [1.29, 1.82) is 0 Å². The van der Waals surface area contributed by atoms with Crippen LogP contribution in [0.15, 0.2) is 34.7 Å². The minimum atomic E-state index is -0.707. The van der Waals surface area contributed by atoms with Gasteiger partial charge >= 0.3 is 0 Å². The first-order chi connectivity index (χ1) is 9.28. The minimum Gasteiger partial charge on any atom is -0.458 e. The fourth-order valence-electron chi connectivity index (χ4n) is 2.54. The van der Waals surface area contributed by atoms with Crippen molar-refractivity contribution in [3.8, 4) is 0 Å². The van der Waals surface area contributed by atoms with E-state index in [2.05, 4.69) is 11.8 Å². The van der Waals surface area contributed by atoms with Gasteiger partial charge in [0.1, 0.15) is 23.6 Å². The molecule has 1 saturated heterocycles. The summed E-state index contributed by atoms with van der Waals surface area (Å²) >= 11 is 0. The van der Waals surface area contributed by atoms with Crippen LogP contribution in [0.2, 0.25) is 0 Å². The topological polar surface area (TPSA) is 45.8 Å². The maximum Gasteiger partial charge on any atom is 0.139 e. The van der Waals surface area contributed by atoms with Gasteiger partial charge in [-0.2, -0.15) is 0 Å². The molecule has 1 N–H and O–H groups in total. The van der Waals surface area contributed by atoms with Gasteiger partial charge in [0.05, 0.1) is 6.61 Å². The summed E-state index contributed by atoms with van der Waals surface area (Å²) in [5.41, 5.74) is 0.805. The Kier molecular flexibility index (Phi) is 3.55. The summed E-state index contributed by atoms with van der Waals surface area (Å²) in [6, 6.07) is 9.68. The second-order valence-corrected chi connectivity index (χ2v) is 4.93. The summed E-state index contributed by atoms with van der Waals surface area (Å²) in [7, 11) is 0. The van der Waals surface area contributed by atoms with Gasteiger partial charge in [-0.25, -0.2) is 0 Å². The third kappa shape index (κ3) is 2.52. The molecule has 2 aromatic rings. The van der Waals surface area contributed by atoms with E-state index in [4.69, 9.17) is 9.15 Å². The van der Waals surface area contributed by atoms with Crippen molar-refractivity contribution in [1.82, 2.24) is 4.90 Å². The number of benzene rings is 1. The van der Waals surface area contributed by atoms with E-state index < -0.39 is 6.10 Å². The Morgan fingerprint density at radius 1 is 1.42 bits per heavy atom. The lowest BCUT2D eigenvalue weighted by Gasteiger charge is -2.33. The first-order valence-electron chi connectivity index (χ1n) is 6.78. The predicted molar refractivity (Wildman–Crippen MR) is 73.0 cm³/mol. The third-order valence-electron chi connectivity index (χ3n) is 3.71. The number of nitrogens with zero attached hydrogens (tertiary/aromatic N) is 1. The first kappa shape index (κ1) is 12.7. The molecule has 0 radical (unpaired) electrons. The normalized spacial score (nSPS) is 22.7. The van der Waals surface area contributed by atoms with Crippen LogP contribution in [-0.2, 0) is 4.74 Å². The molecule has 4 heteroatoms. The Hall–Kier alpha value is -1.36. The van der Waals surface area contributed by atoms with Crippen molar-refractivity contribution in [2.24, 2.45) is 0 Å². The Morgan fingerprint density at radius 3 is 3.05 bits per heavy atom. The van der Waals surface area contributed by atoms with E-state index >= 15 is 0 Å². The molecule has 4 nitrogen and oxygen atoms in total. The van der Waals surface area contributed by atoms with Crippen molar-refractivity contribution < 1.29 is 14.3 Å². The Labute approximate surface area is 112 Å². The third-order valence-corrected chi connectivity index (χ3v) is 3.71. The van der Waals surface area contributed by atoms with E-state index in [0.717, 1.165) is 30.6 Å². The number of ether oxygens (including phenoxy) is 1. The summed E-state index contributed by atoms with van der Waals surface area (Å²) in [6.07, 6.45) is -0.920. The zero-order chi connectivity index (χ0) is 13.2. The van der Waals surface area contributed by atoms with Crippen molar-refractivity contribution in [3.05, 3.63) is 36.1 Å². The van der Waals surface area contributed by atoms with Crippen LogP contribution in [0, 0.1) is 0 Å². The predicted octanol–water partition coefficient (Wildman–Crippen LogP) is 2.19. The highest BCUT2D eigenvalue weighted by Crippen LogP contribution is 2.28. The molecule has 102 valence electrons. The Bertz CT molecular complexity index is 518. The number of morpholine rings is 1. The summed E-state index contributed by atoms with van der Waals surface area (Å²) in [5.74, 6) is 0.587. The van der Waals surface area contributed by atoms with E-state index in [0.29, 0.717) is 12.4 Å². The highest BCUT2D eigenvalue weighted by molar-refractivity contribution is 5.77. The van der Waals surface area contributed by atoms with Crippen molar-refractivity contribution >= 4 is 11.0 Å². The zero-order valence-electron chi connectivity index (χ0n) is 11.1. The van der Waals surface area contributed by atoms with Crippen LogP contribution >= 0.6 is 0 Å². The molecular formula is C15H19NO3. The maximum absolute atomic E-state index is 10.4. The summed E-state index contributed by atoms with van der Waals surface area (Å²) in [5, 5.41) is 11.4. The van der Waals surface area contributed by atoms with Crippen LogP contribution in [0.3, 0.4) is 0 Å². The monoisotopic (exact) mass is 261 g/mol. The second kappa shape index (κ2) is 5.33. The largest absolute Gasteiger partial charge is 0.458 e. The minimum absolute atomic E-state index is 0.214. The lowest BCUT2D eigenvalue weighted by molar-refractivity contribution is -0.0940. The number of rotatable bonds is 3. The van der Waals surface area contributed by atoms with E-state index in [1.165, 1.54) is 0 Å². The second-order valence-electron chi connectivity index (χ2n) is 4.93. The number of hydrogen-bond acceptors (Lipinski definition) is 4. The van der Waals surface area contributed by atoms with Crippen molar-refractivity contribution in [3.63, 3.8) is 0 Å². The van der Waals surface area contributed by atoms with Gasteiger partial charge in [0, 0.05) is 18.5 Å². The molecule has 1 fully saturated rings. The van der Waals surface area contributed by atoms with Gasteiger partial charge in [0.25, 0.3) is 0 Å². The van der Waals surface area contributed by atoms with Crippen LogP contribution in [0.5, 0.6) is 0 Å². The number of likely N-dealkylation sites (N-methyl/N-ethyl adjacent to an activating group) is 1. The molecule has 1 aromatic heterocycles. The molecule has 2 heterocycles. The molecule has 2 atom stereocenters. The molecule has 19 heavy (non-hydrogen) atoms. The van der Waals surface area contributed by atoms with Gasteiger partial charge in [-0.15, -0.1) is 0 Å². The van der Waals surface area contributed by atoms with Crippen LogP contribution in [-0.4, -0.2) is 42.4 Å². The number of para-hydroxylation sites is 1. The average Bonchev–Trinajstić information content (AvgIpc) is 2.90. The number of aliphatic hydroxyl groups is 1. The number of furan rings is 1. The highest BCUT2D eigenvalue weighted by atomic mass is 16.5. The molecule has 0 amide bonds. The number of aliphatic hydroxyl groups excluding tert-OH is 1. The highest BCUT2D eigenvalue weighted by Gasteiger charge is 2.29. The molecule has 1 aliphatic rings. The SMILES string of the molecule is CCN1CCOC(C(O)c2cc3ccccc3o2)C1. The molecule has 0 saturated carbocycles. The Morgan fingerprint density at radius 2 is 2.26 bits per heavy atom. The molecule has 2 unspecified atom stereocenters. The standard InChI is InChI=1S/C15H19NO3/c1-2-16-7-8-18-14(10-16)15(17)13-9-11-5-3-4-6-12(11)19-13/h3-6,9,14-15,17H,2,7-8,10H2,1H3. The van der Waals surface area contributed by atoms with Gasteiger partial charge in [-0.05, 0) is 18.7 Å². The van der Waals surface area contributed by atoms with E-state index in [1.54, 1.807) is 0 Å². The lowest BCUT2D eigenvalue weighted by atomic mass is 10.1. The zero-order valence-corrected chi connectivity index (χ0v) is 11.1. The van der Waals surface area contributed by atoms with E-state index in [9.17, 15) is 5.11 Å². The summed E-state index contributed by atoms with van der Waals surface area (Å²) in [6.45, 7) is 5.44. The van der Waals surface area contributed by atoms with Crippen molar-refractivity contribution in [2.45, 2.75) is 19.1 Å². The summed E-state index contributed by atoms with van der Waals surface area (Å²) in [4.78, 5) is 2.28. The van der Waals surface area contributed by atoms with Crippen molar-refractivity contribution in [2.75, 3.05) is 26.2 Å². The number of hydrogen-bond donors (Lipinski definition) is 1. The molecule has 0 aliphatic carbocycles. The van der Waals surface area contributed by atoms with Crippen LogP contribution in [0.25, 0.3) is 11.0 Å². The maximum atomic E-state index is 10.4. The van der Waals surface area contributed by atoms with Gasteiger partial charge in [0.2, 0.25) is 0 Å². The van der Waals surface area contributed by atoms with Gasteiger partial charge in [-0.3, -0.25) is 4.90 Å². The molecule has 0 spiro atoms. The van der Waals surface area contributed by atoms with Gasteiger partial charge < -0.3 is 14.3 Å². The molecule has 1 aliphatic heterocycles. The quantitative estimate of drug-likeness (QED) is 0.920. The Balaban J connectivity index is 1.80. The van der Waals surface area contributed by atoms with Gasteiger partial charge in [0.15, 0.2) is 0 Å². The molecular weight excluding hydrogens is 242 g/mol.